The van der Waals surface area contributed by atoms with Crippen molar-refractivity contribution in [1.29, 1.82) is 0 Å². The van der Waals surface area contributed by atoms with Crippen LogP contribution in [0.2, 0.25) is 0 Å². The molecule has 1 aliphatic rings. The maximum atomic E-state index is 12.1. The van der Waals surface area contributed by atoms with Crippen molar-refractivity contribution in [3.05, 3.63) is 0 Å². The summed E-state index contributed by atoms with van der Waals surface area (Å²) in [6, 6.07) is 0. The molecule has 3 amide bonds. The Morgan fingerprint density at radius 1 is 1.53 bits per heavy atom. The molecule has 0 saturated carbocycles. The number of carbonyl (C=O) groups is 3. The Hall–Kier alpha value is -1.43. The monoisotopic (exact) mass is 241 g/mol. The third kappa shape index (κ3) is 2.63. The third-order valence-corrected chi connectivity index (χ3v) is 2.98. The summed E-state index contributed by atoms with van der Waals surface area (Å²) < 4.78 is 0. The maximum Gasteiger partial charge on any atom is 0.252 e. The highest BCUT2D eigenvalue weighted by molar-refractivity contribution is 6.06. The van der Waals surface area contributed by atoms with Crippen molar-refractivity contribution in [1.82, 2.24) is 15.5 Å². The van der Waals surface area contributed by atoms with Crippen LogP contribution in [0.4, 0.5) is 0 Å². The predicted octanol–water partition coefficient (Wildman–Crippen LogP) is -0.894. The summed E-state index contributed by atoms with van der Waals surface area (Å²) in [7, 11) is 1.75. The van der Waals surface area contributed by atoms with Gasteiger partial charge < -0.3 is 10.2 Å². The lowest BCUT2D eigenvalue weighted by Gasteiger charge is -2.41. The molecular weight excluding hydrogens is 222 g/mol. The number of nitrogens with one attached hydrogen (secondary N) is 2. The van der Waals surface area contributed by atoms with Crippen LogP contribution in [-0.4, -0.2) is 48.3 Å². The highest BCUT2D eigenvalue weighted by atomic mass is 16.2. The van der Waals surface area contributed by atoms with Gasteiger partial charge in [0.25, 0.3) is 5.91 Å². The van der Waals surface area contributed by atoms with Gasteiger partial charge in [-0.25, -0.2) is 0 Å². The van der Waals surface area contributed by atoms with E-state index in [0.717, 1.165) is 0 Å². The number of hydrogen-bond acceptors (Lipinski definition) is 4. The molecule has 1 unspecified atom stereocenters. The molecular formula is C11H19N3O3. The van der Waals surface area contributed by atoms with Crippen molar-refractivity contribution in [3.63, 3.8) is 0 Å². The van der Waals surface area contributed by atoms with Crippen LogP contribution in [0.3, 0.4) is 0 Å². The van der Waals surface area contributed by atoms with E-state index in [1.54, 1.807) is 27.8 Å². The molecule has 1 fully saturated rings. The minimum Gasteiger partial charge on any atom is -0.319 e. The zero-order chi connectivity index (χ0) is 13.2. The summed E-state index contributed by atoms with van der Waals surface area (Å²) in [5, 5.41) is 5.14. The van der Waals surface area contributed by atoms with Crippen molar-refractivity contribution in [2.75, 3.05) is 20.1 Å². The number of amides is 3. The molecule has 96 valence electrons. The molecule has 0 radical (unpaired) electrons. The molecule has 1 atom stereocenters. The summed E-state index contributed by atoms with van der Waals surface area (Å²) in [4.78, 5) is 36.5. The van der Waals surface area contributed by atoms with Crippen LogP contribution in [0, 0.1) is 5.92 Å². The Morgan fingerprint density at radius 2 is 2.12 bits per heavy atom. The van der Waals surface area contributed by atoms with E-state index >= 15 is 0 Å². The van der Waals surface area contributed by atoms with Gasteiger partial charge in [0.2, 0.25) is 11.8 Å². The Bertz CT molecular complexity index is 352. The average molecular weight is 241 g/mol. The first-order valence-electron chi connectivity index (χ1n) is 5.61. The fourth-order valence-corrected chi connectivity index (χ4v) is 1.80. The number of rotatable bonds is 3. The second kappa shape index (κ2) is 4.83. The van der Waals surface area contributed by atoms with Crippen LogP contribution in [0.5, 0.6) is 0 Å². The van der Waals surface area contributed by atoms with E-state index in [1.807, 2.05) is 0 Å². The Labute approximate surface area is 101 Å². The lowest BCUT2D eigenvalue weighted by molar-refractivity contribution is -0.157. The molecule has 1 saturated heterocycles. The molecule has 6 nitrogen and oxygen atoms in total. The van der Waals surface area contributed by atoms with E-state index in [2.05, 4.69) is 10.6 Å². The van der Waals surface area contributed by atoms with Crippen molar-refractivity contribution in [2.24, 2.45) is 5.92 Å². The van der Waals surface area contributed by atoms with Crippen molar-refractivity contribution >= 4 is 17.7 Å². The molecule has 1 heterocycles. The van der Waals surface area contributed by atoms with E-state index in [-0.39, 0.29) is 18.4 Å². The number of hydrogen-bond donors (Lipinski definition) is 2. The van der Waals surface area contributed by atoms with Crippen LogP contribution >= 0.6 is 0 Å². The van der Waals surface area contributed by atoms with E-state index in [1.165, 1.54) is 4.90 Å². The Morgan fingerprint density at radius 3 is 2.65 bits per heavy atom. The van der Waals surface area contributed by atoms with E-state index in [0.29, 0.717) is 6.54 Å². The van der Waals surface area contributed by atoms with Crippen LogP contribution < -0.4 is 10.6 Å². The topological polar surface area (TPSA) is 78.5 Å². The molecule has 1 rings (SSSR count). The maximum absolute atomic E-state index is 12.1. The van der Waals surface area contributed by atoms with Crippen LogP contribution in [0.1, 0.15) is 20.8 Å². The van der Waals surface area contributed by atoms with Gasteiger partial charge in [-0.05, 0) is 20.9 Å². The predicted molar refractivity (Wildman–Crippen MR) is 62.0 cm³/mol. The molecule has 0 bridgehead atoms. The van der Waals surface area contributed by atoms with Crippen molar-refractivity contribution in [3.8, 4) is 0 Å². The van der Waals surface area contributed by atoms with Gasteiger partial charge in [0.1, 0.15) is 12.1 Å². The van der Waals surface area contributed by atoms with Crippen molar-refractivity contribution < 1.29 is 14.4 Å². The van der Waals surface area contributed by atoms with Gasteiger partial charge in [-0.2, -0.15) is 0 Å². The van der Waals surface area contributed by atoms with Gasteiger partial charge in [-0.15, -0.1) is 0 Å². The van der Waals surface area contributed by atoms with Crippen LogP contribution in [-0.2, 0) is 14.4 Å². The third-order valence-electron chi connectivity index (χ3n) is 2.98. The first kappa shape index (κ1) is 13.6. The molecule has 2 N–H and O–H groups in total. The molecule has 0 spiro atoms. The van der Waals surface area contributed by atoms with E-state index in [4.69, 9.17) is 0 Å². The molecule has 17 heavy (non-hydrogen) atoms. The lowest BCUT2D eigenvalue weighted by Crippen LogP contribution is -2.66. The van der Waals surface area contributed by atoms with Crippen molar-refractivity contribution in [2.45, 2.75) is 26.3 Å². The Balaban J connectivity index is 2.90. The first-order chi connectivity index (χ1) is 7.80. The van der Waals surface area contributed by atoms with Gasteiger partial charge in [0.05, 0.1) is 0 Å². The summed E-state index contributed by atoms with van der Waals surface area (Å²) in [6.45, 7) is 5.50. The lowest BCUT2D eigenvalue weighted by atomic mass is 9.96. The zero-order valence-electron chi connectivity index (χ0n) is 10.7. The van der Waals surface area contributed by atoms with Gasteiger partial charge >= 0.3 is 0 Å². The molecule has 0 aromatic rings. The highest BCUT2D eigenvalue weighted by Crippen LogP contribution is 2.20. The number of carbonyl (C=O) groups excluding carboxylic acids is 3. The van der Waals surface area contributed by atoms with Gasteiger partial charge in [0.15, 0.2) is 0 Å². The molecule has 0 aromatic heterocycles. The van der Waals surface area contributed by atoms with Crippen LogP contribution in [0.25, 0.3) is 0 Å². The molecule has 0 aromatic carbocycles. The minimum atomic E-state index is -0.979. The van der Waals surface area contributed by atoms with Gasteiger partial charge in [0, 0.05) is 12.5 Å². The minimum absolute atomic E-state index is 0.0639. The number of piperazine rings is 1. The summed E-state index contributed by atoms with van der Waals surface area (Å²) >= 11 is 0. The summed E-state index contributed by atoms with van der Waals surface area (Å²) in [5.74, 6) is -1.32. The fraction of sp³-hybridized carbons (Fsp3) is 0.727. The molecule has 6 heteroatoms. The smallest absolute Gasteiger partial charge is 0.252 e. The molecule has 1 aliphatic heterocycles. The van der Waals surface area contributed by atoms with E-state index < -0.39 is 17.4 Å². The fourth-order valence-electron chi connectivity index (χ4n) is 1.80. The largest absolute Gasteiger partial charge is 0.319 e. The molecule has 0 aliphatic carbocycles. The summed E-state index contributed by atoms with van der Waals surface area (Å²) in [5.41, 5.74) is -0.979. The average Bonchev–Trinajstić information content (AvgIpc) is 2.23. The van der Waals surface area contributed by atoms with Gasteiger partial charge in [-0.3, -0.25) is 19.7 Å². The number of imide groups is 1. The van der Waals surface area contributed by atoms with Crippen LogP contribution in [0.15, 0.2) is 0 Å². The second-order valence-corrected chi connectivity index (χ2v) is 4.82. The highest BCUT2D eigenvalue weighted by Gasteiger charge is 2.44. The summed E-state index contributed by atoms with van der Waals surface area (Å²) in [6.07, 6.45) is 0. The quantitative estimate of drug-likeness (QED) is 0.628. The van der Waals surface area contributed by atoms with Gasteiger partial charge in [-0.1, -0.05) is 6.92 Å². The zero-order valence-corrected chi connectivity index (χ0v) is 10.7. The Kier molecular flexibility index (Phi) is 3.87. The second-order valence-electron chi connectivity index (χ2n) is 4.82. The number of nitrogens with zero attached hydrogens (tertiary/aromatic N) is 1. The van der Waals surface area contributed by atoms with E-state index in [9.17, 15) is 14.4 Å². The standard InChI is InChI=1S/C11H19N3O3/c1-7(5-12-4)9(16)14-6-8(15)13-10(17)11(14,2)3/h7,12H,5-6H2,1-4H3,(H,13,15,17). The first-order valence-corrected chi connectivity index (χ1v) is 5.61. The normalized spacial score (nSPS) is 21.1. The SMILES string of the molecule is CNCC(C)C(=O)N1CC(=O)NC(=O)C1(C)C.